The average molecular weight is 296 g/mol. The first-order valence-electron chi connectivity index (χ1n) is 6.65. The molecule has 1 saturated heterocycles. The van der Waals surface area contributed by atoms with Crippen LogP contribution in [0.3, 0.4) is 0 Å². The molecule has 1 aliphatic heterocycles. The molecule has 0 unspecified atom stereocenters. The highest BCUT2D eigenvalue weighted by atomic mass is 19.1. The van der Waals surface area contributed by atoms with E-state index in [2.05, 4.69) is 0 Å². The van der Waals surface area contributed by atoms with E-state index in [1.165, 1.54) is 12.1 Å². The molecule has 0 aromatic heterocycles. The van der Waals surface area contributed by atoms with Gasteiger partial charge in [0.1, 0.15) is 12.4 Å². The monoisotopic (exact) mass is 296 g/mol. The van der Waals surface area contributed by atoms with Gasteiger partial charge in [-0.3, -0.25) is 4.79 Å². The van der Waals surface area contributed by atoms with Crippen LogP contribution in [0.1, 0.15) is 23.2 Å². The van der Waals surface area contributed by atoms with Gasteiger partial charge >= 0.3 is 5.97 Å². The Balaban J connectivity index is 1.94. The maximum atomic E-state index is 13.2. The molecule has 1 aromatic rings. The summed E-state index contributed by atoms with van der Waals surface area (Å²) in [7, 11) is 0. The zero-order chi connectivity index (χ0) is 15.4. The number of nitrogen functional groups attached to an aromatic ring is 1. The second-order valence-electron chi connectivity index (χ2n) is 4.93. The molecule has 114 valence electrons. The number of carboxylic acid groups (broad SMARTS) is 1. The van der Waals surface area contributed by atoms with Crippen molar-refractivity contribution < 1.29 is 23.8 Å². The number of benzene rings is 1. The SMILES string of the molecule is Nc1ccc(F)cc1C(=O)N1CCC(OCC(=O)O)CC1. The number of likely N-dealkylation sites (tertiary alicyclic amines) is 1. The maximum Gasteiger partial charge on any atom is 0.329 e. The standard InChI is InChI=1S/C14H17FN2O4/c15-9-1-2-12(16)11(7-9)14(20)17-5-3-10(4-6-17)21-8-13(18)19/h1-2,7,10H,3-6,8,16H2,(H,18,19). The Hall–Kier alpha value is -2.15. The number of piperidine rings is 1. The number of ether oxygens (including phenoxy) is 1. The molecule has 7 heteroatoms. The summed E-state index contributed by atoms with van der Waals surface area (Å²) >= 11 is 0. The van der Waals surface area contributed by atoms with Crippen molar-refractivity contribution in [2.75, 3.05) is 25.4 Å². The second kappa shape index (κ2) is 6.53. The molecule has 1 aliphatic rings. The van der Waals surface area contributed by atoms with Crippen LogP contribution in [0, 0.1) is 5.82 Å². The predicted molar refractivity (Wildman–Crippen MR) is 73.3 cm³/mol. The number of carbonyl (C=O) groups is 2. The van der Waals surface area contributed by atoms with Gasteiger partial charge in [-0.1, -0.05) is 0 Å². The van der Waals surface area contributed by atoms with Gasteiger partial charge in [0.15, 0.2) is 0 Å². The summed E-state index contributed by atoms with van der Waals surface area (Å²) in [4.78, 5) is 24.3. The van der Waals surface area contributed by atoms with Crippen LogP contribution in [0.2, 0.25) is 0 Å². The molecule has 0 spiro atoms. The fraction of sp³-hybridized carbons (Fsp3) is 0.429. The van der Waals surface area contributed by atoms with Crippen LogP contribution in [0.5, 0.6) is 0 Å². The van der Waals surface area contributed by atoms with Crippen LogP contribution >= 0.6 is 0 Å². The van der Waals surface area contributed by atoms with Gasteiger partial charge in [0.05, 0.1) is 11.7 Å². The Kier molecular flexibility index (Phi) is 4.74. The third-order valence-electron chi connectivity index (χ3n) is 3.42. The van der Waals surface area contributed by atoms with Crippen molar-refractivity contribution in [3.63, 3.8) is 0 Å². The largest absolute Gasteiger partial charge is 0.480 e. The van der Waals surface area contributed by atoms with E-state index in [0.717, 1.165) is 6.07 Å². The Morgan fingerprint density at radius 2 is 2.05 bits per heavy atom. The fourth-order valence-electron chi connectivity index (χ4n) is 2.30. The Labute approximate surface area is 121 Å². The second-order valence-corrected chi connectivity index (χ2v) is 4.93. The number of hydrogen-bond donors (Lipinski definition) is 2. The van der Waals surface area contributed by atoms with Crippen LogP contribution in [-0.4, -0.2) is 47.7 Å². The van der Waals surface area contributed by atoms with Gasteiger partial charge in [0.25, 0.3) is 5.91 Å². The molecule has 0 saturated carbocycles. The Morgan fingerprint density at radius 3 is 2.67 bits per heavy atom. The number of aliphatic carboxylic acids is 1. The van der Waals surface area contributed by atoms with Crippen LogP contribution in [0.25, 0.3) is 0 Å². The molecular formula is C14H17FN2O4. The molecule has 6 nitrogen and oxygen atoms in total. The number of amides is 1. The van der Waals surface area contributed by atoms with Gasteiger partial charge in [-0.25, -0.2) is 9.18 Å². The molecule has 21 heavy (non-hydrogen) atoms. The summed E-state index contributed by atoms with van der Waals surface area (Å²) in [6, 6.07) is 3.70. The van der Waals surface area contributed by atoms with E-state index in [1.807, 2.05) is 0 Å². The smallest absolute Gasteiger partial charge is 0.329 e. The number of nitrogens with two attached hydrogens (primary N) is 1. The Morgan fingerprint density at radius 1 is 1.38 bits per heavy atom. The number of carboxylic acids is 1. The van der Waals surface area contributed by atoms with Crippen LogP contribution in [0.15, 0.2) is 18.2 Å². The lowest BCUT2D eigenvalue weighted by molar-refractivity contribution is -0.145. The van der Waals surface area contributed by atoms with E-state index in [0.29, 0.717) is 25.9 Å². The molecule has 1 fully saturated rings. The minimum atomic E-state index is -1.01. The lowest BCUT2D eigenvalue weighted by atomic mass is 10.1. The molecule has 3 N–H and O–H groups in total. The zero-order valence-electron chi connectivity index (χ0n) is 11.4. The molecule has 0 aliphatic carbocycles. The number of hydrogen-bond acceptors (Lipinski definition) is 4. The van der Waals surface area contributed by atoms with E-state index >= 15 is 0 Å². The number of carbonyl (C=O) groups excluding carboxylic acids is 1. The first-order chi connectivity index (χ1) is 9.97. The highest BCUT2D eigenvalue weighted by molar-refractivity contribution is 5.99. The molecule has 1 amide bonds. The minimum absolute atomic E-state index is 0.153. The quantitative estimate of drug-likeness (QED) is 0.812. The molecular weight excluding hydrogens is 279 g/mol. The fourth-order valence-corrected chi connectivity index (χ4v) is 2.30. The van der Waals surface area contributed by atoms with Gasteiger partial charge in [0.2, 0.25) is 0 Å². The lowest BCUT2D eigenvalue weighted by Gasteiger charge is -2.32. The van der Waals surface area contributed by atoms with Crippen molar-refractivity contribution in [3.8, 4) is 0 Å². The predicted octanol–water partition coefficient (Wildman–Crippen LogP) is 1.11. The summed E-state index contributed by atoms with van der Waals surface area (Å²) in [6.45, 7) is 0.521. The van der Waals surface area contributed by atoms with Crippen molar-refractivity contribution in [3.05, 3.63) is 29.6 Å². The number of nitrogens with zero attached hydrogens (tertiary/aromatic N) is 1. The summed E-state index contributed by atoms with van der Waals surface area (Å²) in [6.07, 6.45) is 0.928. The van der Waals surface area contributed by atoms with Crippen LogP contribution < -0.4 is 5.73 Å². The van der Waals surface area contributed by atoms with Crippen molar-refractivity contribution >= 4 is 17.6 Å². The summed E-state index contributed by atoms with van der Waals surface area (Å²) in [5.41, 5.74) is 6.10. The first kappa shape index (κ1) is 15.2. The van der Waals surface area contributed by atoms with E-state index in [4.69, 9.17) is 15.6 Å². The van der Waals surface area contributed by atoms with Gasteiger partial charge in [-0.15, -0.1) is 0 Å². The first-order valence-corrected chi connectivity index (χ1v) is 6.65. The van der Waals surface area contributed by atoms with Crippen LogP contribution in [0.4, 0.5) is 10.1 Å². The molecule has 1 heterocycles. The molecule has 2 rings (SSSR count). The lowest BCUT2D eigenvalue weighted by Crippen LogP contribution is -2.41. The topological polar surface area (TPSA) is 92.9 Å². The van der Waals surface area contributed by atoms with Gasteiger partial charge in [-0.2, -0.15) is 0 Å². The number of rotatable bonds is 4. The number of anilines is 1. The third-order valence-corrected chi connectivity index (χ3v) is 3.42. The highest BCUT2D eigenvalue weighted by Gasteiger charge is 2.25. The summed E-state index contributed by atoms with van der Waals surface area (Å²) in [5.74, 6) is -1.84. The zero-order valence-corrected chi connectivity index (χ0v) is 11.4. The van der Waals surface area contributed by atoms with Crippen molar-refractivity contribution in [2.24, 2.45) is 0 Å². The molecule has 0 bridgehead atoms. The summed E-state index contributed by atoms with van der Waals surface area (Å²) in [5, 5.41) is 8.55. The van der Waals surface area contributed by atoms with Gasteiger partial charge in [0, 0.05) is 18.8 Å². The van der Waals surface area contributed by atoms with Crippen LogP contribution in [-0.2, 0) is 9.53 Å². The van der Waals surface area contributed by atoms with E-state index in [1.54, 1.807) is 4.90 Å². The van der Waals surface area contributed by atoms with Crippen molar-refractivity contribution in [1.82, 2.24) is 4.90 Å². The van der Waals surface area contributed by atoms with E-state index < -0.39 is 11.8 Å². The number of halogens is 1. The third kappa shape index (κ3) is 3.91. The van der Waals surface area contributed by atoms with Gasteiger partial charge in [-0.05, 0) is 31.0 Å². The molecule has 0 radical (unpaired) electrons. The normalized spacial score (nSPS) is 16.0. The van der Waals surface area contributed by atoms with Crippen molar-refractivity contribution in [2.45, 2.75) is 18.9 Å². The van der Waals surface area contributed by atoms with Crippen molar-refractivity contribution in [1.29, 1.82) is 0 Å². The average Bonchev–Trinajstić information content (AvgIpc) is 2.47. The van der Waals surface area contributed by atoms with E-state index in [9.17, 15) is 14.0 Å². The summed E-state index contributed by atoms with van der Waals surface area (Å²) < 4.78 is 18.4. The molecule has 1 aromatic carbocycles. The van der Waals surface area contributed by atoms with Gasteiger partial charge < -0.3 is 20.5 Å². The Bertz CT molecular complexity index is 542. The highest BCUT2D eigenvalue weighted by Crippen LogP contribution is 2.20. The molecule has 0 atom stereocenters. The van der Waals surface area contributed by atoms with E-state index in [-0.39, 0.29) is 29.9 Å². The maximum absolute atomic E-state index is 13.2. The minimum Gasteiger partial charge on any atom is -0.480 e.